The van der Waals surface area contributed by atoms with Crippen molar-refractivity contribution in [2.75, 3.05) is 0 Å². The van der Waals surface area contributed by atoms with Gasteiger partial charge in [0.25, 0.3) is 10.3 Å². The van der Waals surface area contributed by atoms with E-state index >= 15 is 0 Å². The van der Waals surface area contributed by atoms with Crippen LogP contribution in [0.15, 0.2) is 132 Å². The molecule has 0 bridgehead atoms. The van der Waals surface area contributed by atoms with Crippen molar-refractivity contribution in [2.45, 2.75) is 73.2 Å². The summed E-state index contributed by atoms with van der Waals surface area (Å²) in [4.78, 5) is 0. The van der Waals surface area contributed by atoms with E-state index in [0.717, 1.165) is 49.9 Å². The lowest BCUT2D eigenvalue weighted by Crippen LogP contribution is -2.13. The topological polar surface area (TPSA) is 130 Å². The van der Waals surface area contributed by atoms with Crippen molar-refractivity contribution < 1.29 is 16.8 Å². The molecule has 0 N–H and O–H groups in total. The number of hydrogen-bond acceptors (Lipinski definition) is 8. The molecule has 12 heteroatoms. The Kier molecular flexibility index (Phi) is 11.3. The van der Waals surface area contributed by atoms with Gasteiger partial charge in [-0.15, -0.1) is 20.4 Å². The van der Waals surface area contributed by atoms with Gasteiger partial charge in [0.2, 0.25) is 19.7 Å². The van der Waals surface area contributed by atoms with Gasteiger partial charge in [0.1, 0.15) is 11.6 Å². The molecule has 0 unspecified atom stereocenters. The number of nitrogens with zero attached hydrogens (tertiary/aromatic N) is 6. The maximum absolute atomic E-state index is 13.5. The summed E-state index contributed by atoms with van der Waals surface area (Å²) in [7, 11) is -7.47. The second kappa shape index (κ2) is 16.2. The number of sulfone groups is 2. The van der Waals surface area contributed by atoms with Crippen molar-refractivity contribution >= 4 is 19.7 Å². The van der Waals surface area contributed by atoms with Gasteiger partial charge in [-0.3, -0.25) is 9.13 Å². The van der Waals surface area contributed by atoms with Gasteiger partial charge in [-0.25, -0.2) is 16.8 Å². The van der Waals surface area contributed by atoms with E-state index in [9.17, 15) is 16.8 Å². The fourth-order valence-corrected chi connectivity index (χ4v) is 8.82. The van der Waals surface area contributed by atoms with Crippen LogP contribution in [0.5, 0.6) is 0 Å². The average Bonchev–Trinajstić information content (AvgIpc) is 3.77. The van der Waals surface area contributed by atoms with Crippen molar-refractivity contribution in [1.29, 1.82) is 0 Å². The number of aryl methyl sites for hydroxylation is 2. The molecule has 4 aromatic carbocycles. The molecule has 0 saturated heterocycles. The van der Waals surface area contributed by atoms with Gasteiger partial charge >= 0.3 is 0 Å². The van der Waals surface area contributed by atoms with E-state index < -0.39 is 19.7 Å². The molecule has 258 valence electrons. The fraction of sp³-hybridized carbons (Fsp3) is 0.263. The highest BCUT2D eigenvalue weighted by molar-refractivity contribution is 7.90. The van der Waals surface area contributed by atoms with Crippen LogP contribution in [0.1, 0.15) is 61.3 Å². The molecule has 6 aromatic rings. The molecule has 0 spiro atoms. The van der Waals surface area contributed by atoms with E-state index in [2.05, 4.69) is 20.4 Å². The predicted molar refractivity (Wildman–Crippen MR) is 192 cm³/mol. The summed E-state index contributed by atoms with van der Waals surface area (Å²) in [6.45, 7) is 0. The first-order chi connectivity index (χ1) is 24.3. The lowest BCUT2D eigenvalue weighted by molar-refractivity contribution is 0.571. The Bertz CT molecular complexity index is 2030. The van der Waals surface area contributed by atoms with Crippen molar-refractivity contribution in [3.63, 3.8) is 0 Å². The number of rotatable bonds is 17. The highest BCUT2D eigenvalue weighted by Gasteiger charge is 2.27. The highest BCUT2D eigenvalue weighted by Crippen LogP contribution is 2.24. The normalized spacial score (nSPS) is 11.9. The summed E-state index contributed by atoms with van der Waals surface area (Å²) in [5, 5.41) is 16.9. The lowest BCUT2D eigenvalue weighted by Gasteiger charge is -2.11. The Balaban J connectivity index is 1.04. The van der Waals surface area contributed by atoms with E-state index in [4.69, 9.17) is 0 Å². The maximum Gasteiger partial charge on any atom is 0.254 e. The number of unbranched alkanes of at least 4 members (excludes halogenated alkanes) is 5. The zero-order chi connectivity index (χ0) is 34.8. The monoisotopic (exact) mass is 708 g/mol. The third kappa shape index (κ3) is 8.61. The summed E-state index contributed by atoms with van der Waals surface area (Å²) in [6.07, 6.45) is 6.79. The summed E-state index contributed by atoms with van der Waals surface area (Å²) in [5.41, 5.74) is 2.84. The quantitative estimate of drug-likeness (QED) is 0.0934. The Labute approximate surface area is 293 Å². The molecule has 0 amide bonds. The minimum Gasteiger partial charge on any atom is -0.270 e. The molecule has 10 nitrogen and oxygen atoms in total. The maximum atomic E-state index is 13.5. The molecular formula is C38H40N6O4S2. The van der Waals surface area contributed by atoms with E-state index in [1.807, 2.05) is 97.1 Å². The smallest absolute Gasteiger partial charge is 0.254 e. The van der Waals surface area contributed by atoms with E-state index in [-0.39, 0.29) is 21.8 Å². The van der Waals surface area contributed by atoms with Crippen LogP contribution in [0.25, 0.3) is 11.4 Å². The molecule has 2 aromatic heterocycles. The van der Waals surface area contributed by atoms with E-state index in [0.29, 0.717) is 35.6 Å². The third-order valence-corrected chi connectivity index (χ3v) is 11.5. The molecule has 6 rings (SSSR count). The first kappa shape index (κ1) is 34.9. The standard InChI is InChI=1S/C38H40N6O4S2/c45-49(46,29-31-19-9-5-10-20-31)37-41-39-35(43(37)33-23-13-7-14-24-33)27-17-3-1-2-4-18-28-36-40-42-38(44(36)34-25-15-8-16-26-34)50(47,48)30-32-21-11-6-12-22-32/h5-16,19-26H,1-4,17-18,27-30H2. The molecule has 50 heavy (non-hydrogen) atoms. The molecule has 0 aliphatic rings. The van der Waals surface area contributed by atoms with E-state index in [1.54, 1.807) is 33.4 Å². The van der Waals surface area contributed by atoms with Gasteiger partial charge in [-0.05, 0) is 48.2 Å². The van der Waals surface area contributed by atoms with Gasteiger partial charge in [-0.1, -0.05) is 123 Å². The number of para-hydroxylation sites is 2. The Morgan fingerprint density at radius 2 is 0.720 bits per heavy atom. The first-order valence-corrected chi connectivity index (χ1v) is 20.1. The van der Waals surface area contributed by atoms with Crippen LogP contribution in [-0.2, 0) is 44.0 Å². The third-order valence-electron chi connectivity index (χ3n) is 8.44. The van der Waals surface area contributed by atoms with Crippen molar-refractivity contribution in [3.05, 3.63) is 144 Å². The van der Waals surface area contributed by atoms with Crippen molar-refractivity contribution in [3.8, 4) is 11.4 Å². The van der Waals surface area contributed by atoms with Gasteiger partial charge < -0.3 is 0 Å². The average molecular weight is 709 g/mol. The molecule has 0 aliphatic carbocycles. The van der Waals surface area contributed by atoms with Crippen LogP contribution in [0.4, 0.5) is 0 Å². The fourth-order valence-electron chi connectivity index (χ4n) is 5.99. The molecule has 0 saturated carbocycles. The van der Waals surface area contributed by atoms with Gasteiger partial charge in [0.05, 0.1) is 11.5 Å². The zero-order valence-electron chi connectivity index (χ0n) is 27.8. The number of benzene rings is 4. The summed E-state index contributed by atoms with van der Waals surface area (Å²) < 4.78 is 57.2. The highest BCUT2D eigenvalue weighted by atomic mass is 32.2. The van der Waals surface area contributed by atoms with Gasteiger partial charge in [0, 0.05) is 24.2 Å². The molecule has 0 radical (unpaired) electrons. The molecule has 0 aliphatic heterocycles. The minimum atomic E-state index is -3.74. The summed E-state index contributed by atoms with van der Waals surface area (Å²) in [6, 6.07) is 37.0. The molecule has 0 atom stereocenters. The summed E-state index contributed by atoms with van der Waals surface area (Å²) >= 11 is 0. The van der Waals surface area contributed by atoms with Crippen LogP contribution in [0.2, 0.25) is 0 Å². The first-order valence-electron chi connectivity index (χ1n) is 16.8. The Morgan fingerprint density at radius 1 is 0.400 bits per heavy atom. The largest absolute Gasteiger partial charge is 0.270 e. The van der Waals surface area contributed by atoms with E-state index in [1.165, 1.54) is 0 Å². The summed E-state index contributed by atoms with van der Waals surface area (Å²) in [5.74, 6) is 0.957. The van der Waals surface area contributed by atoms with Crippen LogP contribution in [-0.4, -0.2) is 46.4 Å². The van der Waals surface area contributed by atoms with Crippen LogP contribution >= 0.6 is 0 Å². The number of aromatic nitrogens is 6. The predicted octanol–water partition coefficient (Wildman–Crippen LogP) is 6.92. The second-order valence-electron chi connectivity index (χ2n) is 12.3. The SMILES string of the molecule is O=S(=O)(Cc1ccccc1)c1nnc(CCCCCCCCc2nnc(S(=O)(=O)Cc3ccccc3)n2-c2ccccc2)n1-c1ccccc1. The van der Waals surface area contributed by atoms with Crippen molar-refractivity contribution in [2.24, 2.45) is 0 Å². The van der Waals surface area contributed by atoms with Crippen LogP contribution in [0.3, 0.4) is 0 Å². The van der Waals surface area contributed by atoms with Gasteiger partial charge in [-0.2, -0.15) is 0 Å². The van der Waals surface area contributed by atoms with Crippen LogP contribution in [0, 0.1) is 0 Å². The zero-order valence-corrected chi connectivity index (χ0v) is 29.4. The van der Waals surface area contributed by atoms with Gasteiger partial charge in [0.15, 0.2) is 0 Å². The molecule has 0 fully saturated rings. The van der Waals surface area contributed by atoms with Crippen molar-refractivity contribution in [1.82, 2.24) is 29.5 Å². The molecule has 2 heterocycles. The Hall–Kier alpha value is -4.94. The second-order valence-corrected chi connectivity index (χ2v) is 16.0. The van der Waals surface area contributed by atoms with Crippen LogP contribution < -0.4 is 0 Å². The number of hydrogen-bond donors (Lipinski definition) is 0. The Morgan fingerprint density at radius 3 is 1.08 bits per heavy atom. The lowest BCUT2D eigenvalue weighted by atomic mass is 10.1. The minimum absolute atomic E-state index is 0.0399. The molecular weight excluding hydrogens is 669 g/mol.